The summed E-state index contributed by atoms with van der Waals surface area (Å²) in [7, 11) is 0. The predicted molar refractivity (Wildman–Crippen MR) is 76.6 cm³/mol. The summed E-state index contributed by atoms with van der Waals surface area (Å²) >= 11 is 1.73. The fourth-order valence-corrected chi connectivity index (χ4v) is 4.76. The molecule has 3 nitrogen and oxygen atoms in total. The number of hydrogen-bond acceptors (Lipinski definition) is 4. The quantitative estimate of drug-likeness (QED) is 0.809. The molecule has 2 saturated carbocycles. The zero-order chi connectivity index (χ0) is 12.9. The van der Waals surface area contributed by atoms with E-state index in [0.717, 1.165) is 17.0 Å². The molecule has 0 radical (unpaired) electrons. The Kier molecular flexibility index (Phi) is 3.14. The minimum Gasteiger partial charge on any atom is -0.370 e. The first-order valence-electron chi connectivity index (χ1n) is 7.20. The molecule has 4 heteroatoms. The van der Waals surface area contributed by atoms with Gasteiger partial charge in [-0.1, -0.05) is 32.0 Å². The highest BCUT2D eigenvalue weighted by Crippen LogP contribution is 2.46. The van der Waals surface area contributed by atoms with Crippen molar-refractivity contribution in [2.75, 3.05) is 0 Å². The van der Waals surface area contributed by atoms with Crippen LogP contribution in [0.4, 0.5) is 0 Å². The first-order chi connectivity index (χ1) is 8.49. The van der Waals surface area contributed by atoms with Crippen molar-refractivity contribution in [1.82, 2.24) is 5.32 Å². The lowest BCUT2D eigenvalue weighted by atomic mass is 9.95. The van der Waals surface area contributed by atoms with Gasteiger partial charge in [-0.05, 0) is 43.9 Å². The van der Waals surface area contributed by atoms with Gasteiger partial charge >= 0.3 is 0 Å². The molecule has 3 aliphatic rings. The molecule has 1 heterocycles. The van der Waals surface area contributed by atoms with Crippen LogP contribution in [0.25, 0.3) is 0 Å². The van der Waals surface area contributed by atoms with Gasteiger partial charge in [0.1, 0.15) is 0 Å². The molecule has 1 unspecified atom stereocenters. The first kappa shape index (κ1) is 12.8. The molecule has 2 N–H and O–H groups in total. The van der Waals surface area contributed by atoms with Crippen molar-refractivity contribution in [3.63, 3.8) is 0 Å². The smallest absolute Gasteiger partial charge is 0.163 e. The summed E-state index contributed by atoms with van der Waals surface area (Å²) in [6.07, 6.45) is 4.95. The summed E-state index contributed by atoms with van der Waals surface area (Å²) < 4.78 is -0.167. The fourth-order valence-electron chi connectivity index (χ4n) is 3.59. The van der Waals surface area contributed by atoms with E-state index >= 15 is 0 Å². The summed E-state index contributed by atoms with van der Waals surface area (Å²) in [6.45, 7) is 6.43. The van der Waals surface area contributed by atoms with Crippen LogP contribution in [0.1, 0.15) is 46.5 Å². The predicted octanol–water partition coefficient (Wildman–Crippen LogP) is 2.60. The Balaban J connectivity index is 1.63. The number of nitrogens with zero attached hydrogens (tertiary/aromatic N) is 1. The molecule has 0 aromatic carbocycles. The van der Waals surface area contributed by atoms with Crippen molar-refractivity contribution in [2.45, 2.75) is 63.5 Å². The maximum absolute atomic E-state index is 10.1. The Hall–Kier alpha value is -0.220. The number of aliphatic hydroxyl groups excluding tert-OH is 1. The number of nitrogens with one attached hydrogen (secondary N) is 1. The highest BCUT2D eigenvalue weighted by atomic mass is 32.2. The van der Waals surface area contributed by atoms with Gasteiger partial charge in [-0.2, -0.15) is 0 Å². The lowest BCUT2D eigenvalue weighted by Crippen LogP contribution is -2.39. The molecule has 0 amide bonds. The third kappa shape index (κ3) is 1.97. The molecule has 2 bridgehead atoms. The average Bonchev–Trinajstić information content (AvgIpc) is 2.95. The van der Waals surface area contributed by atoms with Gasteiger partial charge < -0.3 is 10.4 Å². The lowest BCUT2D eigenvalue weighted by Gasteiger charge is -2.30. The van der Waals surface area contributed by atoms with Crippen LogP contribution >= 0.6 is 11.8 Å². The summed E-state index contributed by atoms with van der Waals surface area (Å²) in [5, 5.41) is 14.7. The second kappa shape index (κ2) is 4.41. The van der Waals surface area contributed by atoms with Crippen molar-refractivity contribution in [3.8, 4) is 0 Å². The molecule has 1 aliphatic heterocycles. The number of hydrogen-bond donors (Lipinski definition) is 2. The van der Waals surface area contributed by atoms with Gasteiger partial charge in [0.25, 0.3) is 0 Å². The molecule has 18 heavy (non-hydrogen) atoms. The van der Waals surface area contributed by atoms with Crippen molar-refractivity contribution in [3.05, 3.63) is 0 Å². The minimum absolute atomic E-state index is 0.167. The molecule has 0 aromatic rings. The normalized spacial score (nSPS) is 46.8. The average molecular weight is 268 g/mol. The zero-order valence-electron chi connectivity index (χ0n) is 11.5. The minimum atomic E-state index is -0.566. The number of aliphatic imine (C=N–C) groups is 1. The van der Waals surface area contributed by atoms with Crippen LogP contribution in [-0.4, -0.2) is 27.3 Å². The van der Waals surface area contributed by atoms with Crippen LogP contribution in [0.3, 0.4) is 0 Å². The van der Waals surface area contributed by atoms with Gasteiger partial charge in [-0.15, -0.1) is 0 Å². The highest BCUT2D eigenvalue weighted by molar-refractivity contribution is 8.15. The number of amidine groups is 1. The molecule has 2 fully saturated rings. The SMILES string of the molecule is CC(C)[C@@]1(C)SC(N[C@@H]2C[C@H]3CC[C@@H]2C3)=NC1O. The van der Waals surface area contributed by atoms with Gasteiger partial charge in [0, 0.05) is 6.04 Å². The second-order valence-electron chi connectivity index (χ2n) is 6.67. The number of fused-ring (bicyclic) bond motifs is 2. The van der Waals surface area contributed by atoms with E-state index < -0.39 is 6.23 Å². The van der Waals surface area contributed by atoms with E-state index in [4.69, 9.17) is 0 Å². The number of thioether (sulfide) groups is 1. The topological polar surface area (TPSA) is 44.6 Å². The zero-order valence-corrected chi connectivity index (χ0v) is 12.3. The van der Waals surface area contributed by atoms with Gasteiger partial charge in [0.15, 0.2) is 11.4 Å². The van der Waals surface area contributed by atoms with Crippen LogP contribution in [0.5, 0.6) is 0 Å². The molecule has 0 saturated heterocycles. The van der Waals surface area contributed by atoms with Gasteiger partial charge in [0.05, 0.1) is 4.75 Å². The maximum Gasteiger partial charge on any atom is 0.163 e. The van der Waals surface area contributed by atoms with Crippen molar-refractivity contribution >= 4 is 16.9 Å². The lowest BCUT2D eigenvalue weighted by molar-refractivity contribution is 0.126. The second-order valence-corrected chi connectivity index (χ2v) is 8.14. The van der Waals surface area contributed by atoms with E-state index in [2.05, 4.69) is 31.1 Å². The van der Waals surface area contributed by atoms with Crippen LogP contribution in [0.2, 0.25) is 0 Å². The van der Waals surface area contributed by atoms with E-state index in [0.29, 0.717) is 12.0 Å². The Morgan fingerprint density at radius 2 is 2.17 bits per heavy atom. The largest absolute Gasteiger partial charge is 0.370 e. The van der Waals surface area contributed by atoms with E-state index in [1.165, 1.54) is 25.7 Å². The molecule has 3 rings (SSSR count). The Bertz CT molecular complexity index is 371. The molecular weight excluding hydrogens is 244 g/mol. The molecular formula is C14H24N2OS. The van der Waals surface area contributed by atoms with E-state index in [1.54, 1.807) is 11.8 Å². The number of rotatable bonds is 2. The van der Waals surface area contributed by atoms with Crippen molar-refractivity contribution < 1.29 is 5.11 Å². The maximum atomic E-state index is 10.1. The summed E-state index contributed by atoms with van der Waals surface area (Å²) in [4.78, 5) is 4.43. The summed E-state index contributed by atoms with van der Waals surface area (Å²) in [5.74, 6) is 2.21. The Morgan fingerprint density at radius 3 is 2.67 bits per heavy atom. The van der Waals surface area contributed by atoms with Gasteiger partial charge in [-0.3, -0.25) is 0 Å². The van der Waals surface area contributed by atoms with Gasteiger partial charge in [0.2, 0.25) is 0 Å². The third-order valence-corrected chi connectivity index (χ3v) is 6.80. The fraction of sp³-hybridized carbons (Fsp3) is 0.929. The van der Waals surface area contributed by atoms with E-state index in [9.17, 15) is 5.11 Å². The van der Waals surface area contributed by atoms with Crippen molar-refractivity contribution in [1.29, 1.82) is 0 Å². The molecule has 102 valence electrons. The molecule has 2 aliphatic carbocycles. The first-order valence-corrected chi connectivity index (χ1v) is 8.02. The van der Waals surface area contributed by atoms with E-state index in [-0.39, 0.29) is 4.75 Å². The number of aliphatic hydroxyl groups is 1. The summed E-state index contributed by atoms with van der Waals surface area (Å²) in [6, 6.07) is 0.608. The van der Waals surface area contributed by atoms with Crippen LogP contribution in [-0.2, 0) is 0 Å². The molecule has 0 spiro atoms. The highest BCUT2D eigenvalue weighted by Gasteiger charge is 2.45. The Labute approximate surface area is 114 Å². The van der Waals surface area contributed by atoms with Crippen LogP contribution < -0.4 is 5.32 Å². The van der Waals surface area contributed by atoms with Crippen molar-refractivity contribution in [2.24, 2.45) is 22.7 Å². The molecule has 0 aromatic heterocycles. The van der Waals surface area contributed by atoms with E-state index in [1.807, 2.05) is 0 Å². The van der Waals surface area contributed by atoms with Crippen LogP contribution in [0, 0.1) is 17.8 Å². The third-order valence-electron chi connectivity index (χ3n) is 5.26. The Morgan fingerprint density at radius 1 is 1.39 bits per heavy atom. The summed E-state index contributed by atoms with van der Waals surface area (Å²) in [5.41, 5.74) is 0. The standard InChI is InChI=1S/C14H24N2OS/c1-8(2)14(3)12(17)16-13(18-14)15-11-7-9-4-5-10(11)6-9/h8-12,17H,4-7H2,1-3H3,(H,15,16)/t9-,10+,11+,12?,14+/m0/s1. The van der Waals surface area contributed by atoms with Gasteiger partial charge in [-0.25, -0.2) is 4.99 Å². The molecule has 5 atom stereocenters. The van der Waals surface area contributed by atoms with Crippen LogP contribution in [0.15, 0.2) is 4.99 Å². The monoisotopic (exact) mass is 268 g/mol.